The van der Waals surface area contributed by atoms with Crippen LogP contribution in [0.5, 0.6) is 5.75 Å². The molecule has 1 fully saturated rings. The zero-order valence-electron chi connectivity index (χ0n) is 14.1. The summed E-state index contributed by atoms with van der Waals surface area (Å²) in [5.74, 6) is 0.696. The summed E-state index contributed by atoms with van der Waals surface area (Å²) in [5, 5.41) is 12.9. The molecule has 0 spiro atoms. The molecule has 6 nitrogen and oxygen atoms in total. The van der Waals surface area contributed by atoms with Crippen molar-refractivity contribution in [1.82, 2.24) is 4.90 Å². The van der Waals surface area contributed by atoms with Crippen molar-refractivity contribution in [2.75, 3.05) is 38.8 Å². The van der Waals surface area contributed by atoms with E-state index in [1.54, 1.807) is 30.2 Å². The molecule has 1 aliphatic heterocycles. The standard InChI is InChI=1S/C17H25ClN2O4/c1-12-5-4-8-20(15(12)11-21)17(22)19-14-7-3-6-13(18)16(14)24-10-9-23-2/h3,6-7,12,15,21H,4-5,8-11H2,1-2H3,(H,19,22). The van der Waals surface area contributed by atoms with Gasteiger partial charge in [-0.15, -0.1) is 0 Å². The molecule has 2 unspecified atom stereocenters. The second-order valence-electron chi connectivity index (χ2n) is 5.95. The number of hydrogen-bond acceptors (Lipinski definition) is 4. The lowest BCUT2D eigenvalue weighted by Gasteiger charge is -2.39. The Morgan fingerprint density at radius 1 is 1.46 bits per heavy atom. The van der Waals surface area contributed by atoms with Crippen LogP contribution in [0.25, 0.3) is 0 Å². The van der Waals surface area contributed by atoms with E-state index in [9.17, 15) is 9.90 Å². The van der Waals surface area contributed by atoms with E-state index < -0.39 is 0 Å². The Morgan fingerprint density at radius 3 is 2.96 bits per heavy atom. The van der Waals surface area contributed by atoms with Crippen LogP contribution in [-0.2, 0) is 4.74 Å². The van der Waals surface area contributed by atoms with Crippen molar-refractivity contribution >= 4 is 23.3 Å². The van der Waals surface area contributed by atoms with E-state index in [4.69, 9.17) is 21.1 Å². The fraction of sp³-hybridized carbons (Fsp3) is 0.588. The molecule has 1 aromatic carbocycles. The number of nitrogens with zero attached hydrogens (tertiary/aromatic N) is 1. The summed E-state index contributed by atoms with van der Waals surface area (Å²) in [7, 11) is 1.59. The predicted molar refractivity (Wildman–Crippen MR) is 93.8 cm³/mol. The molecule has 7 heteroatoms. The van der Waals surface area contributed by atoms with Gasteiger partial charge in [-0.05, 0) is 30.9 Å². The van der Waals surface area contributed by atoms with Gasteiger partial charge in [0.1, 0.15) is 6.61 Å². The number of amides is 2. The van der Waals surface area contributed by atoms with Crippen molar-refractivity contribution in [2.24, 2.45) is 5.92 Å². The van der Waals surface area contributed by atoms with E-state index in [-0.39, 0.29) is 24.6 Å². The number of benzene rings is 1. The minimum atomic E-state index is -0.251. The van der Waals surface area contributed by atoms with Crippen LogP contribution < -0.4 is 10.1 Å². The lowest BCUT2D eigenvalue weighted by atomic mass is 9.91. The number of para-hydroxylation sites is 1. The number of ether oxygens (including phenoxy) is 2. The average Bonchev–Trinajstić information content (AvgIpc) is 2.57. The topological polar surface area (TPSA) is 71.0 Å². The summed E-state index contributed by atoms with van der Waals surface area (Å²) < 4.78 is 10.6. The molecule has 2 amide bonds. The first kappa shape index (κ1) is 18.8. The molecule has 0 radical (unpaired) electrons. The predicted octanol–water partition coefficient (Wildman–Crippen LogP) is 2.99. The second-order valence-corrected chi connectivity index (χ2v) is 6.36. The number of urea groups is 1. The van der Waals surface area contributed by atoms with Gasteiger partial charge in [0.2, 0.25) is 0 Å². The molecule has 1 aromatic rings. The lowest BCUT2D eigenvalue weighted by Crippen LogP contribution is -2.51. The second kappa shape index (κ2) is 9.11. The summed E-state index contributed by atoms with van der Waals surface area (Å²) in [6.45, 7) is 3.40. The molecule has 134 valence electrons. The number of carbonyl (C=O) groups is 1. The molecule has 0 saturated carbocycles. The molecule has 24 heavy (non-hydrogen) atoms. The quantitative estimate of drug-likeness (QED) is 0.769. The highest BCUT2D eigenvalue weighted by atomic mass is 35.5. The molecule has 0 bridgehead atoms. The van der Waals surface area contributed by atoms with Crippen LogP contribution in [0.15, 0.2) is 18.2 Å². The monoisotopic (exact) mass is 356 g/mol. The molecule has 2 N–H and O–H groups in total. The van der Waals surface area contributed by atoms with E-state index in [0.717, 1.165) is 12.8 Å². The number of halogens is 1. The van der Waals surface area contributed by atoms with Crippen molar-refractivity contribution in [3.05, 3.63) is 23.2 Å². The Labute approximate surface area is 147 Å². The third-order valence-corrected chi connectivity index (χ3v) is 4.60. The molecular weight excluding hydrogens is 332 g/mol. The Bertz CT molecular complexity index is 555. The lowest BCUT2D eigenvalue weighted by molar-refractivity contribution is 0.0811. The Morgan fingerprint density at radius 2 is 2.25 bits per heavy atom. The van der Waals surface area contributed by atoms with Crippen LogP contribution >= 0.6 is 11.6 Å². The number of methoxy groups -OCH3 is 1. The number of aliphatic hydroxyl groups is 1. The minimum absolute atomic E-state index is 0.0403. The number of carbonyl (C=O) groups excluding carboxylic acids is 1. The van der Waals surface area contributed by atoms with Crippen molar-refractivity contribution in [3.8, 4) is 5.75 Å². The third kappa shape index (κ3) is 4.53. The van der Waals surface area contributed by atoms with Crippen LogP contribution in [0.1, 0.15) is 19.8 Å². The number of anilines is 1. The summed E-state index contributed by atoms with van der Waals surface area (Å²) in [6.07, 6.45) is 1.94. The van der Waals surface area contributed by atoms with E-state index in [1.807, 2.05) is 0 Å². The molecule has 1 aliphatic rings. The number of piperidine rings is 1. The van der Waals surface area contributed by atoms with E-state index in [2.05, 4.69) is 12.2 Å². The number of likely N-dealkylation sites (tertiary alicyclic amines) is 1. The van der Waals surface area contributed by atoms with Gasteiger partial charge in [-0.1, -0.05) is 24.6 Å². The molecular formula is C17H25ClN2O4. The first-order chi connectivity index (χ1) is 11.6. The van der Waals surface area contributed by atoms with Crippen molar-refractivity contribution < 1.29 is 19.4 Å². The van der Waals surface area contributed by atoms with Gasteiger partial charge >= 0.3 is 6.03 Å². The van der Waals surface area contributed by atoms with Gasteiger partial charge in [-0.2, -0.15) is 0 Å². The zero-order chi connectivity index (χ0) is 17.5. The normalized spacial score (nSPS) is 20.8. The largest absolute Gasteiger partial charge is 0.487 e. The van der Waals surface area contributed by atoms with Crippen LogP contribution in [0.3, 0.4) is 0 Å². The number of hydrogen-bond donors (Lipinski definition) is 2. The number of aliphatic hydroxyl groups excluding tert-OH is 1. The highest BCUT2D eigenvalue weighted by Crippen LogP contribution is 2.33. The number of rotatable bonds is 6. The zero-order valence-corrected chi connectivity index (χ0v) is 14.9. The van der Waals surface area contributed by atoms with Gasteiger partial charge in [0.05, 0.1) is 30.0 Å². The van der Waals surface area contributed by atoms with Gasteiger partial charge < -0.3 is 24.8 Å². The minimum Gasteiger partial charge on any atom is -0.487 e. The van der Waals surface area contributed by atoms with Crippen molar-refractivity contribution in [2.45, 2.75) is 25.8 Å². The maximum absolute atomic E-state index is 12.7. The summed E-state index contributed by atoms with van der Waals surface area (Å²) in [4.78, 5) is 14.3. The smallest absolute Gasteiger partial charge is 0.322 e. The van der Waals surface area contributed by atoms with Crippen LogP contribution in [0, 0.1) is 5.92 Å². The van der Waals surface area contributed by atoms with E-state index >= 15 is 0 Å². The van der Waals surface area contributed by atoms with Gasteiger partial charge in [-0.3, -0.25) is 0 Å². The first-order valence-corrected chi connectivity index (χ1v) is 8.55. The van der Waals surface area contributed by atoms with Gasteiger partial charge in [0.15, 0.2) is 5.75 Å². The highest BCUT2D eigenvalue weighted by Gasteiger charge is 2.31. The van der Waals surface area contributed by atoms with Crippen LogP contribution in [0.2, 0.25) is 5.02 Å². The number of nitrogens with one attached hydrogen (secondary N) is 1. The summed E-state index contributed by atoms with van der Waals surface area (Å²) >= 11 is 6.19. The van der Waals surface area contributed by atoms with Gasteiger partial charge in [0.25, 0.3) is 0 Å². The molecule has 1 heterocycles. The van der Waals surface area contributed by atoms with Gasteiger partial charge in [-0.25, -0.2) is 4.79 Å². The summed E-state index contributed by atoms with van der Waals surface area (Å²) in [5.41, 5.74) is 0.513. The SMILES string of the molecule is COCCOc1c(Cl)cccc1NC(=O)N1CCCC(C)C1CO. The summed E-state index contributed by atoms with van der Waals surface area (Å²) in [6, 6.07) is 4.78. The Kier molecular flexibility index (Phi) is 7.15. The molecule has 1 saturated heterocycles. The van der Waals surface area contributed by atoms with Crippen LogP contribution in [0.4, 0.5) is 10.5 Å². The molecule has 2 atom stereocenters. The molecule has 0 aromatic heterocycles. The van der Waals surface area contributed by atoms with E-state index in [1.165, 1.54) is 0 Å². The van der Waals surface area contributed by atoms with Crippen LogP contribution in [-0.4, -0.2) is 55.6 Å². The highest BCUT2D eigenvalue weighted by molar-refractivity contribution is 6.32. The van der Waals surface area contributed by atoms with Crippen molar-refractivity contribution in [1.29, 1.82) is 0 Å². The first-order valence-electron chi connectivity index (χ1n) is 8.17. The average molecular weight is 357 g/mol. The Hall–Kier alpha value is -1.50. The van der Waals surface area contributed by atoms with E-state index in [0.29, 0.717) is 36.2 Å². The fourth-order valence-electron chi connectivity index (χ4n) is 2.95. The fourth-order valence-corrected chi connectivity index (χ4v) is 3.18. The maximum atomic E-state index is 12.7. The molecule has 2 rings (SSSR count). The molecule has 0 aliphatic carbocycles. The van der Waals surface area contributed by atoms with Crippen molar-refractivity contribution in [3.63, 3.8) is 0 Å². The third-order valence-electron chi connectivity index (χ3n) is 4.31. The van der Waals surface area contributed by atoms with Gasteiger partial charge in [0, 0.05) is 13.7 Å². The Balaban J connectivity index is 2.11. The maximum Gasteiger partial charge on any atom is 0.322 e.